The number of carbonyl (C=O) groups is 1. The van der Waals surface area contributed by atoms with E-state index >= 15 is 0 Å². The molecule has 0 radical (unpaired) electrons. The van der Waals surface area contributed by atoms with Gasteiger partial charge >= 0.3 is 0 Å². The summed E-state index contributed by atoms with van der Waals surface area (Å²) in [5, 5.41) is 7.95. The Bertz CT molecular complexity index is 417. The maximum atomic E-state index is 12.2. The van der Waals surface area contributed by atoms with Crippen molar-refractivity contribution in [3.8, 4) is 0 Å². The van der Waals surface area contributed by atoms with E-state index in [1.807, 2.05) is 20.8 Å². The van der Waals surface area contributed by atoms with E-state index in [-0.39, 0.29) is 5.91 Å². The summed E-state index contributed by atoms with van der Waals surface area (Å²) in [5.41, 5.74) is 3.61. The lowest BCUT2D eigenvalue weighted by atomic mass is 10.2. The zero-order valence-corrected chi connectivity index (χ0v) is 12.7. The van der Waals surface area contributed by atoms with Crippen LogP contribution in [0.3, 0.4) is 0 Å². The Morgan fingerprint density at radius 2 is 2.22 bits per heavy atom. The molecular formula is C11H18N4OS2. The average molecular weight is 286 g/mol. The molecule has 5 nitrogen and oxygen atoms in total. The second kappa shape index (κ2) is 5.71. The van der Waals surface area contributed by atoms with Crippen LogP contribution in [0.2, 0.25) is 0 Å². The molecule has 0 aliphatic carbocycles. The van der Waals surface area contributed by atoms with Gasteiger partial charge in [-0.15, -0.1) is 5.10 Å². The van der Waals surface area contributed by atoms with E-state index in [9.17, 15) is 4.79 Å². The molecule has 1 rings (SSSR count). The summed E-state index contributed by atoms with van der Waals surface area (Å²) in [6.07, 6.45) is 0. The van der Waals surface area contributed by atoms with Gasteiger partial charge in [-0.25, -0.2) is 0 Å². The molecule has 0 unspecified atom stereocenters. The first-order valence-corrected chi connectivity index (χ1v) is 6.71. The molecular weight excluding hydrogens is 268 g/mol. The van der Waals surface area contributed by atoms with E-state index in [0.29, 0.717) is 16.8 Å². The van der Waals surface area contributed by atoms with Crippen molar-refractivity contribution >= 4 is 40.2 Å². The summed E-state index contributed by atoms with van der Waals surface area (Å²) in [5.74, 6) is 0.0337. The quantitative estimate of drug-likeness (QED) is 0.465. The van der Waals surface area contributed by atoms with Gasteiger partial charge in [0.05, 0.1) is 4.75 Å². The molecule has 0 aromatic carbocycles. The van der Waals surface area contributed by atoms with Crippen molar-refractivity contribution in [3.63, 3.8) is 0 Å². The van der Waals surface area contributed by atoms with Gasteiger partial charge < -0.3 is 5.32 Å². The highest BCUT2D eigenvalue weighted by Crippen LogP contribution is 2.36. The summed E-state index contributed by atoms with van der Waals surface area (Å²) in [6.45, 7) is 9.94. The maximum Gasteiger partial charge on any atom is 0.245 e. The summed E-state index contributed by atoms with van der Waals surface area (Å²) in [6, 6.07) is 0. The number of amidine groups is 1. The Labute approximate surface area is 117 Å². The van der Waals surface area contributed by atoms with E-state index in [1.165, 1.54) is 11.8 Å². The highest BCUT2D eigenvalue weighted by molar-refractivity contribution is 8.16. The smallest absolute Gasteiger partial charge is 0.245 e. The highest BCUT2D eigenvalue weighted by Gasteiger charge is 2.44. The van der Waals surface area contributed by atoms with Crippen molar-refractivity contribution in [1.82, 2.24) is 15.6 Å². The summed E-state index contributed by atoms with van der Waals surface area (Å²) in [7, 11) is 1.71. The number of hydrogen-bond donors (Lipinski definition) is 2. The zero-order chi connectivity index (χ0) is 13.9. The fourth-order valence-corrected chi connectivity index (χ4v) is 2.43. The molecule has 1 fully saturated rings. The Balaban J connectivity index is 2.90. The van der Waals surface area contributed by atoms with Crippen LogP contribution in [0.1, 0.15) is 20.8 Å². The van der Waals surface area contributed by atoms with Crippen LogP contribution < -0.4 is 10.7 Å². The minimum absolute atomic E-state index is 0.0337. The predicted molar refractivity (Wildman–Crippen MR) is 80.4 cm³/mol. The molecule has 1 aliphatic rings. The first-order chi connectivity index (χ1) is 8.27. The lowest BCUT2D eigenvalue weighted by Gasteiger charge is -2.17. The summed E-state index contributed by atoms with van der Waals surface area (Å²) < 4.78 is -0.503. The molecule has 18 heavy (non-hydrogen) atoms. The first-order valence-electron chi connectivity index (χ1n) is 5.48. The number of thiocarbonyl (C=S) groups is 1. The summed E-state index contributed by atoms with van der Waals surface area (Å²) >= 11 is 6.36. The molecule has 0 aromatic heterocycles. The molecule has 2 N–H and O–H groups in total. The Morgan fingerprint density at radius 3 is 2.72 bits per heavy atom. The van der Waals surface area contributed by atoms with Crippen LogP contribution in [0.4, 0.5) is 0 Å². The van der Waals surface area contributed by atoms with Gasteiger partial charge in [0.2, 0.25) is 5.91 Å². The first kappa shape index (κ1) is 15.0. The van der Waals surface area contributed by atoms with E-state index in [1.54, 1.807) is 11.9 Å². The van der Waals surface area contributed by atoms with Gasteiger partial charge in [-0.3, -0.25) is 15.1 Å². The number of nitrogens with zero attached hydrogens (tertiary/aromatic N) is 2. The predicted octanol–water partition coefficient (Wildman–Crippen LogP) is 1.28. The van der Waals surface area contributed by atoms with Crippen molar-refractivity contribution in [2.75, 3.05) is 13.6 Å². The molecule has 100 valence electrons. The van der Waals surface area contributed by atoms with Crippen molar-refractivity contribution in [2.45, 2.75) is 25.5 Å². The van der Waals surface area contributed by atoms with Crippen LogP contribution in [-0.4, -0.2) is 39.4 Å². The van der Waals surface area contributed by atoms with Crippen LogP contribution in [0.5, 0.6) is 0 Å². The van der Waals surface area contributed by atoms with Gasteiger partial charge in [0.1, 0.15) is 0 Å². The monoisotopic (exact) mass is 286 g/mol. The number of thioether (sulfide) groups is 1. The number of hydrazone groups is 1. The lowest BCUT2D eigenvalue weighted by molar-refractivity contribution is -0.128. The van der Waals surface area contributed by atoms with Crippen molar-refractivity contribution in [2.24, 2.45) is 5.10 Å². The summed E-state index contributed by atoms with van der Waals surface area (Å²) in [4.78, 5) is 13.8. The zero-order valence-electron chi connectivity index (χ0n) is 11.0. The molecule has 7 heteroatoms. The lowest BCUT2D eigenvalue weighted by Crippen LogP contribution is -2.38. The molecule has 1 saturated heterocycles. The van der Waals surface area contributed by atoms with Crippen molar-refractivity contribution in [1.29, 1.82) is 0 Å². The van der Waals surface area contributed by atoms with E-state index in [0.717, 1.165) is 5.57 Å². The fourth-order valence-electron chi connectivity index (χ4n) is 1.39. The third kappa shape index (κ3) is 3.46. The van der Waals surface area contributed by atoms with Gasteiger partial charge in [-0.2, -0.15) is 0 Å². The molecule has 1 aliphatic heterocycles. The van der Waals surface area contributed by atoms with Crippen LogP contribution >= 0.6 is 24.0 Å². The van der Waals surface area contributed by atoms with E-state index in [4.69, 9.17) is 12.2 Å². The molecule has 0 aromatic rings. The van der Waals surface area contributed by atoms with Crippen LogP contribution in [-0.2, 0) is 4.79 Å². The minimum atomic E-state index is -0.503. The highest BCUT2D eigenvalue weighted by atomic mass is 32.2. The SMILES string of the molecule is C=C(C)CN1C(=O)C(C)(C)S/C1=N\NC(=S)NC. The molecule has 1 amide bonds. The minimum Gasteiger partial charge on any atom is -0.364 e. The van der Waals surface area contributed by atoms with Gasteiger partial charge in [-0.1, -0.05) is 23.9 Å². The fraction of sp³-hybridized carbons (Fsp3) is 0.545. The van der Waals surface area contributed by atoms with Gasteiger partial charge in [0, 0.05) is 13.6 Å². The normalized spacial score (nSPS) is 20.1. The molecule has 0 bridgehead atoms. The van der Waals surface area contributed by atoms with Crippen molar-refractivity contribution < 1.29 is 4.79 Å². The van der Waals surface area contributed by atoms with Gasteiger partial charge in [0.15, 0.2) is 10.3 Å². The maximum absolute atomic E-state index is 12.2. The number of amides is 1. The third-order valence-electron chi connectivity index (χ3n) is 2.25. The van der Waals surface area contributed by atoms with E-state index in [2.05, 4.69) is 22.4 Å². The Hall–Kier alpha value is -1.08. The molecule has 0 atom stereocenters. The number of rotatable bonds is 3. The largest absolute Gasteiger partial charge is 0.364 e. The van der Waals surface area contributed by atoms with E-state index < -0.39 is 4.75 Å². The third-order valence-corrected chi connectivity index (χ3v) is 3.72. The van der Waals surface area contributed by atoms with Crippen LogP contribution in [0.25, 0.3) is 0 Å². The average Bonchev–Trinajstić information content (AvgIpc) is 2.49. The van der Waals surface area contributed by atoms with Gasteiger partial charge in [-0.05, 0) is 33.0 Å². The van der Waals surface area contributed by atoms with Crippen molar-refractivity contribution in [3.05, 3.63) is 12.2 Å². The topological polar surface area (TPSA) is 56.7 Å². The van der Waals surface area contributed by atoms with Crippen LogP contribution in [0.15, 0.2) is 17.3 Å². The number of carbonyl (C=O) groups excluding carboxylic acids is 1. The second-order valence-corrected chi connectivity index (χ2v) is 6.54. The van der Waals surface area contributed by atoms with Crippen LogP contribution in [0, 0.1) is 0 Å². The number of hydrogen-bond acceptors (Lipinski definition) is 4. The van der Waals surface area contributed by atoms with Gasteiger partial charge in [0.25, 0.3) is 0 Å². The second-order valence-electron chi connectivity index (χ2n) is 4.55. The number of nitrogens with one attached hydrogen (secondary N) is 2. The standard InChI is InChI=1S/C11H18N4OS2/c1-7(2)6-15-8(16)11(3,4)18-10(15)14-13-9(17)12-5/h1,6H2,2-5H3,(H2,12,13,17)/b14-10-. The Kier molecular flexibility index (Phi) is 4.75. The molecule has 1 heterocycles. The molecule has 0 spiro atoms. The molecule has 0 saturated carbocycles. The Morgan fingerprint density at radius 1 is 1.61 bits per heavy atom.